The zero-order chi connectivity index (χ0) is 7.56. The molecule has 0 saturated carbocycles. The van der Waals surface area contributed by atoms with Gasteiger partial charge in [-0.1, -0.05) is 25.6 Å². The van der Waals surface area contributed by atoms with Crippen molar-refractivity contribution < 1.29 is 0 Å². The van der Waals surface area contributed by atoms with Crippen molar-refractivity contribution >= 4 is 22.6 Å². The van der Waals surface area contributed by atoms with E-state index in [-0.39, 0.29) is 0 Å². The molecule has 0 bridgehead atoms. The van der Waals surface area contributed by atoms with Crippen LogP contribution in [0.15, 0.2) is 9.98 Å². The summed E-state index contributed by atoms with van der Waals surface area (Å²) in [5.74, 6) is 2.32. The van der Waals surface area contributed by atoms with Gasteiger partial charge in [-0.3, -0.25) is 4.99 Å². The smallest absolute Gasteiger partial charge is 0.122 e. The van der Waals surface area contributed by atoms with Crippen LogP contribution in [-0.4, -0.2) is 16.8 Å². The predicted molar refractivity (Wildman–Crippen MR) is 47.8 cm³/mol. The lowest BCUT2D eigenvalue weighted by Crippen LogP contribution is -2.09. The van der Waals surface area contributed by atoms with Crippen molar-refractivity contribution in [1.29, 1.82) is 0 Å². The molecule has 3 heteroatoms. The molecule has 0 aromatic carbocycles. The van der Waals surface area contributed by atoms with E-state index >= 15 is 0 Å². The minimum Gasteiger partial charge on any atom is -0.260 e. The Hall–Kier alpha value is -0.310. The molecular weight excluding hydrogens is 144 g/mol. The normalized spacial score (nSPS) is 18.8. The summed E-state index contributed by atoms with van der Waals surface area (Å²) in [6.45, 7) is 6.26. The zero-order valence-electron chi connectivity index (χ0n) is 6.59. The molecule has 0 aliphatic carbocycles. The number of hydrogen-bond acceptors (Lipinski definition) is 3. The van der Waals surface area contributed by atoms with E-state index in [1.165, 1.54) is 5.04 Å². The van der Waals surface area contributed by atoms with Crippen molar-refractivity contribution in [2.45, 2.75) is 20.8 Å². The number of thioether (sulfide) groups is 1. The maximum absolute atomic E-state index is 4.31. The topological polar surface area (TPSA) is 24.7 Å². The van der Waals surface area contributed by atoms with Crippen molar-refractivity contribution in [3.05, 3.63) is 0 Å². The van der Waals surface area contributed by atoms with Gasteiger partial charge in [-0.15, -0.1) is 0 Å². The summed E-state index contributed by atoms with van der Waals surface area (Å²) in [7, 11) is 0. The molecule has 56 valence electrons. The first-order valence-electron chi connectivity index (χ1n) is 3.42. The Morgan fingerprint density at radius 1 is 1.50 bits per heavy atom. The first-order valence-corrected chi connectivity index (χ1v) is 4.41. The second kappa shape index (κ2) is 3.19. The fourth-order valence-corrected chi connectivity index (χ4v) is 1.63. The fourth-order valence-electron chi connectivity index (χ4n) is 0.715. The van der Waals surface area contributed by atoms with Crippen LogP contribution >= 0.6 is 11.8 Å². The van der Waals surface area contributed by atoms with E-state index in [9.17, 15) is 0 Å². The second-order valence-corrected chi connectivity index (χ2v) is 3.55. The van der Waals surface area contributed by atoms with E-state index < -0.39 is 0 Å². The molecule has 0 fully saturated rings. The monoisotopic (exact) mass is 156 g/mol. The maximum atomic E-state index is 4.31. The van der Waals surface area contributed by atoms with Gasteiger partial charge in [0.25, 0.3) is 0 Å². The lowest BCUT2D eigenvalue weighted by Gasteiger charge is -2.11. The number of nitrogens with zero attached hydrogens (tertiary/aromatic N) is 2. The van der Waals surface area contributed by atoms with Crippen molar-refractivity contribution in [3.8, 4) is 0 Å². The number of hydrogen-bond donors (Lipinski definition) is 0. The largest absolute Gasteiger partial charge is 0.260 e. The highest BCUT2D eigenvalue weighted by Crippen LogP contribution is 2.16. The molecule has 0 saturated heterocycles. The molecule has 2 nitrogen and oxygen atoms in total. The van der Waals surface area contributed by atoms with Gasteiger partial charge in [-0.25, -0.2) is 4.99 Å². The van der Waals surface area contributed by atoms with Crippen molar-refractivity contribution in [3.63, 3.8) is 0 Å². The maximum Gasteiger partial charge on any atom is 0.122 e. The van der Waals surface area contributed by atoms with E-state index in [2.05, 4.69) is 23.8 Å². The van der Waals surface area contributed by atoms with Gasteiger partial charge in [0, 0.05) is 5.92 Å². The van der Waals surface area contributed by atoms with Crippen LogP contribution in [0.3, 0.4) is 0 Å². The predicted octanol–water partition coefficient (Wildman–Crippen LogP) is 2.16. The van der Waals surface area contributed by atoms with Gasteiger partial charge in [-0.2, -0.15) is 0 Å². The molecule has 1 aliphatic rings. The Morgan fingerprint density at radius 3 is 2.60 bits per heavy atom. The molecule has 0 atom stereocenters. The summed E-state index contributed by atoms with van der Waals surface area (Å²) in [6.07, 6.45) is 0. The molecule has 0 aromatic rings. The SMILES string of the molecule is CC1=NCSC(C(C)C)=N1. The highest BCUT2D eigenvalue weighted by Gasteiger charge is 2.08. The summed E-state index contributed by atoms with van der Waals surface area (Å²) >= 11 is 1.74. The third-order valence-electron chi connectivity index (χ3n) is 1.27. The van der Waals surface area contributed by atoms with Gasteiger partial charge in [0.1, 0.15) is 5.84 Å². The third kappa shape index (κ3) is 1.84. The van der Waals surface area contributed by atoms with Crippen LogP contribution in [0.5, 0.6) is 0 Å². The van der Waals surface area contributed by atoms with Crippen LogP contribution in [0, 0.1) is 5.92 Å². The molecular formula is C7H12N2S. The van der Waals surface area contributed by atoms with Gasteiger partial charge in [0.15, 0.2) is 0 Å². The van der Waals surface area contributed by atoms with Gasteiger partial charge >= 0.3 is 0 Å². The molecule has 1 aliphatic heterocycles. The van der Waals surface area contributed by atoms with Crippen LogP contribution in [0.2, 0.25) is 0 Å². The number of amidine groups is 1. The third-order valence-corrected chi connectivity index (χ3v) is 2.39. The quantitative estimate of drug-likeness (QED) is 0.571. The van der Waals surface area contributed by atoms with E-state index in [0.717, 1.165) is 11.7 Å². The van der Waals surface area contributed by atoms with Crippen LogP contribution < -0.4 is 0 Å². The van der Waals surface area contributed by atoms with E-state index in [4.69, 9.17) is 0 Å². The van der Waals surface area contributed by atoms with Gasteiger partial charge in [0.2, 0.25) is 0 Å². The van der Waals surface area contributed by atoms with Crippen molar-refractivity contribution in [1.82, 2.24) is 0 Å². The summed E-state index contributed by atoms with van der Waals surface area (Å²) in [5, 5.41) is 1.22. The highest BCUT2D eigenvalue weighted by molar-refractivity contribution is 8.14. The molecule has 0 unspecified atom stereocenters. The molecule has 0 amide bonds. The molecule has 1 rings (SSSR count). The molecule has 1 heterocycles. The Kier molecular flexibility index (Phi) is 2.49. The minimum atomic E-state index is 0.551. The van der Waals surface area contributed by atoms with E-state index in [1.807, 2.05) is 6.92 Å². The first kappa shape index (κ1) is 7.79. The minimum absolute atomic E-state index is 0.551. The van der Waals surface area contributed by atoms with Crippen LogP contribution in [0.25, 0.3) is 0 Å². The van der Waals surface area contributed by atoms with Crippen LogP contribution in [0.1, 0.15) is 20.8 Å². The van der Waals surface area contributed by atoms with E-state index in [0.29, 0.717) is 5.92 Å². The molecule has 0 radical (unpaired) electrons. The standard InChI is InChI=1S/C7H12N2S/c1-5(2)7-9-6(3)8-4-10-7/h5H,4H2,1-3H3. The highest BCUT2D eigenvalue weighted by atomic mass is 32.2. The molecule has 10 heavy (non-hydrogen) atoms. The summed E-state index contributed by atoms with van der Waals surface area (Å²) in [6, 6.07) is 0. The fraction of sp³-hybridized carbons (Fsp3) is 0.714. The van der Waals surface area contributed by atoms with Gasteiger partial charge in [0.05, 0.1) is 10.9 Å². The second-order valence-electron chi connectivity index (χ2n) is 2.58. The molecule has 0 N–H and O–H groups in total. The summed E-state index contributed by atoms with van der Waals surface area (Å²) in [4.78, 5) is 8.47. The Balaban J connectivity index is 2.69. The van der Waals surface area contributed by atoms with Crippen LogP contribution in [-0.2, 0) is 0 Å². The summed E-state index contributed by atoms with van der Waals surface area (Å²) in [5.41, 5.74) is 0. The van der Waals surface area contributed by atoms with Gasteiger partial charge in [-0.05, 0) is 6.92 Å². The first-order chi connectivity index (χ1) is 4.70. The van der Waals surface area contributed by atoms with Crippen LogP contribution in [0.4, 0.5) is 0 Å². The van der Waals surface area contributed by atoms with E-state index in [1.54, 1.807) is 11.8 Å². The zero-order valence-corrected chi connectivity index (χ0v) is 7.40. The average Bonchev–Trinajstić information content (AvgIpc) is 1.88. The Labute approximate surface area is 65.8 Å². The van der Waals surface area contributed by atoms with Crippen molar-refractivity contribution in [2.24, 2.45) is 15.9 Å². The molecule has 0 spiro atoms. The molecule has 0 aromatic heterocycles. The van der Waals surface area contributed by atoms with Gasteiger partial charge < -0.3 is 0 Å². The number of rotatable bonds is 1. The number of aliphatic imine (C=N–C) groups is 2. The lowest BCUT2D eigenvalue weighted by molar-refractivity contribution is 0.900. The Bertz CT molecular complexity index is 182. The summed E-state index contributed by atoms with van der Waals surface area (Å²) < 4.78 is 0. The average molecular weight is 156 g/mol. The Morgan fingerprint density at radius 2 is 2.20 bits per heavy atom. The van der Waals surface area contributed by atoms with Crippen molar-refractivity contribution in [2.75, 3.05) is 5.88 Å². The lowest BCUT2D eigenvalue weighted by atomic mass is 10.2.